The molecule has 0 heterocycles. The van der Waals surface area contributed by atoms with Gasteiger partial charge in [-0.25, -0.2) is 4.99 Å². The third-order valence-corrected chi connectivity index (χ3v) is 3.39. The van der Waals surface area contributed by atoms with Gasteiger partial charge in [0.2, 0.25) is 0 Å². The molecule has 0 aliphatic carbocycles. The fourth-order valence-corrected chi connectivity index (χ4v) is 2.30. The molecule has 0 aliphatic rings. The summed E-state index contributed by atoms with van der Waals surface area (Å²) in [4.78, 5) is 4.49. The second-order valence-electron chi connectivity index (χ2n) is 4.72. The topological polar surface area (TPSA) is 47.6 Å². The molecular formula is C18H16N2O. The highest BCUT2D eigenvalue weighted by Crippen LogP contribution is 2.21. The maximum Gasteiger partial charge on any atom is 0.131 e. The number of nitrogens with two attached hydrogens (primary N) is 1. The Morgan fingerprint density at radius 1 is 0.905 bits per heavy atom. The third-order valence-electron chi connectivity index (χ3n) is 3.39. The van der Waals surface area contributed by atoms with E-state index in [4.69, 9.17) is 10.5 Å². The van der Waals surface area contributed by atoms with Gasteiger partial charge >= 0.3 is 0 Å². The van der Waals surface area contributed by atoms with Crippen molar-refractivity contribution < 1.29 is 4.74 Å². The van der Waals surface area contributed by atoms with Crippen molar-refractivity contribution in [1.82, 2.24) is 0 Å². The van der Waals surface area contributed by atoms with Crippen molar-refractivity contribution in [3.05, 3.63) is 72.3 Å². The first kappa shape index (κ1) is 13.2. The lowest BCUT2D eigenvalue weighted by atomic mass is 10.0. The van der Waals surface area contributed by atoms with Crippen LogP contribution in [0.1, 0.15) is 5.56 Å². The van der Waals surface area contributed by atoms with Crippen LogP contribution < -0.4 is 10.5 Å². The van der Waals surface area contributed by atoms with Crippen molar-refractivity contribution in [3.8, 4) is 5.75 Å². The van der Waals surface area contributed by atoms with E-state index in [9.17, 15) is 0 Å². The molecule has 0 amide bonds. The molecule has 0 saturated heterocycles. The molecular weight excluding hydrogens is 260 g/mol. The van der Waals surface area contributed by atoms with Gasteiger partial charge in [-0.2, -0.15) is 0 Å². The first-order chi connectivity index (χ1) is 10.3. The van der Waals surface area contributed by atoms with Crippen LogP contribution in [-0.4, -0.2) is 12.9 Å². The molecule has 0 radical (unpaired) electrons. The highest BCUT2D eigenvalue weighted by atomic mass is 16.5. The normalized spacial score (nSPS) is 11.6. The standard InChI is InChI=1S/C18H16N2O/c1-21-15-11-9-14(10-12-15)20-18(19)17-8-4-6-13-5-2-3-7-16(13)17/h2-12H,1H3,(H2,19,20). The van der Waals surface area contributed by atoms with Crippen LogP contribution in [0.4, 0.5) is 5.69 Å². The minimum atomic E-state index is 0.511. The SMILES string of the molecule is COc1ccc(N=C(N)c2cccc3ccccc23)cc1. The first-order valence-electron chi connectivity index (χ1n) is 6.74. The zero-order valence-corrected chi connectivity index (χ0v) is 11.8. The van der Waals surface area contributed by atoms with Crippen LogP contribution in [-0.2, 0) is 0 Å². The van der Waals surface area contributed by atoms with E-state index in [0.717, 1.165) is 27.8 Å². The molecule has 3 aromatic carbocycles. The summed E-state index contributed by atoms with van der Waals surface area (Å²) >= 11 is 0. The summed E-state index contributed by atoms with van der Waals surface area (Å²) in [6.45, 7) is 0. The average Bonchev–Trinajstić information content (AvgIpc) is 2.55. The molecule has 0 saturated carbocycles. The maximum atomic E-state index is 6.18. The predicted octanol–water partition coefficient (Wildman–Crippen LogP) is 3.89. The van der Waals surface area contributed by atoms with Crippen molar-refractivity contribution >= 4 is 22.3 Å². The smallest absolute Gasteiger partial charge is 0.131 e. The van der Waals surface area contributed by atoms with Crippen LogP contribution in [0.15, 0.2) is 71.7 Å². The number of rotatable bonds is 3. The van der Waals surface area contributed by atoms with Crippen molar-refractivity contribution in [3.63, 3.8) is 0 Å². The van der Waals surface area contributed by atoms with E-state index in [2.05, 4.69) is 23.2 Å². The number of amidine groups is 1. The Bertz CT molecular complexity index is 786. The van der Waals surface area contributed by atoms with Gasteiger partial charge in [-0.3, -0.25) is 0 Å². The number of ether oxygens (including phenoxy) is 1. The van der Waals surface area contributed by atoms with Crippen LogP contribution in [0, 0.1) is 0 Å². The molecule has 104 valence electrons. The largest absolute Gasteiger partial charge is 0.497 e. The lowest BCUT2D eigenvalue weighted by Crippen LogP contribution is -2.13. The fourth-order valence-electron chi connectivity index (χ4n) is 2.30. The van der Waals surface area contributed by atoms with E-state index in [1.54, 1.807) is 7.11 Å². The van der Waals surface area contributed by atoms with Gasteiger partial charge in [0.05, 0.1) is 12.8 Å². The number of benzene rings is 3. The summed E-state index contributed by atoms with van der Waals surface area (Å²) < 4.78 is 5.14. The number of fused-ring (bicyclic) bond motifs is 1. The third kappa shape index (κ3) is 2.72. The van der Waals surface area contributed by atoms with E-state index in [1.807, 2.05) is 48.5 Å². The van der Waals surface area contributed by atoms with Gasteiger partial charge in [0.1, 0.15) is 11.6 Å². The Balaban J connectivity index is 2.02. The van der Waals surface area contributed by atoms with E-state index in [-0.39, 0.29) is 0 Å². The van der Waals surface area contributed by atoms with Crippen LogP contribution in [0.2, 0.25) is 0 Å². The number of hydrogen-bond donors (Lipinski definition) is 1. The number of methoxy groups -OCH3 is 1. The van der Waals surface area contributed by atoms with Crippen LogP contribution in [0.25, 0.3) is 10.8 Å². The van der Waals surface area contributed by atoms with Gasteiger partial charge in [-0.1, -0.05) is 42.5 Å². The number of aliphatic imine (C=N–C) groups is 1. The molecule has 0 bridgehead atoms. The van der Waals surface area contributed by atoms with E-state index in [0.29, 0.717) is 5.84 Å². The first-order valence-corrected chi connectivity index (χ1v) is 6.74. The van der Waals surface area contributed by atoms with E-state index < -0.39 is 0 Å². The number of nitrogens with zero attached hydrogens (tertiary/aromatic N) is 1. The highest BCUT2D eigenvalue weighted by Gasteiger charge is 2.04. The maximum absolute atomic E-state index is 6.18. The minimum Gasteiger partial charge on any atom is -0.497 e. The molecule has 0 unspecified atom stereocenters. The van der Waals surface area contributed by atoms with Crippen LogP contribution >= 0.6 is 0 Å². The second kappa shape index (κ2) is 5.67. The zero-order valence-electron chi connectivity index (χ0n) is 11.8. The summed E-state index contributed by atoms with van der Waals surface area (Å²) in [6.07, 6.45) is 0. The van der Waals surface area contributed by atoms with Gasteiger partial charge in [0.15, 0.2) is 0 Å². The molecule has 21 heavy (non-hydrogen) atoms. The Morgan fingerprint density at radius 3 is 2.38 bits per heavy atom. The Hall–Kier alpha value is -2.81. The molecule has 3 aromatic rings. The van der Waals surface area contributed by atoms with Gasteiger partial charge < -0.3 is 10.5 Å². The fraction of sp³-hybridized carbons (Fsp3) is 0.0556. The summed E-state index contributed by atoms with van der Waals surface area (Å²) in [7, 11) is 1.64. The van der Waals surface area contributed by atoms with Crippen molar-refractivity contribution in [1.29, 1.82) is 0 Å². The predicted molar refractivity (Wildman–Crippen MR) is 87.3 cm³/mol. The molecule has 0 aliphatic heterocycles. The molecule has 2 N–H and O–H groups in total. The lowest BCUT2D eigenvalue weighted by Gasteiger charge is -2.06. The Kier molecular flexibility index (Phi) is 3.56. The summed E-state index contributed by atoms with van der Waals surface area (Å²) in [5, 5.41) is 2.26. The molecule has 3 heteroatoms. The minimum absolute atomic E-state index is 0.511. The zero-order chi connectivity index (χ0) is 14.7. The quantitative estimate of drug-likeness (QED) is 0.583. The lowest BCUT2D eigenvalue weighted by molar-refractivity contribution is 0.415. The monoisotopic (exact) mass is 276 g/mol. The number of hydrogen-bond acceptors (Lipinski definition) is 2. The van der Waals surface area contributed by atoms with Gasteiger partial charge in [0, 0.05) is 5.56 Å². The van der Waals surface area contributed by atoms with Gasteiger partial charge in [0.25, 0.3) is 0 Å². The molecule has 0 fully saturated rings. The van der Waals surface area contributed by atoms with Gasteiger partial charge in [-0.15, -0.1) is 0 Å². The molecule has 3 rings (SSSR count). The Labute approximate surface area is 123 Å². The molecule has 0 atom stereocenters. The highest BCUT2D eigenvalue weighted by molar-refractivity contribution is 6.09. The van der Waals surface area contributed by atoms with E-state index >= 15 is 0 Å². The summed E-state index contributed by atoms with van der Waals surface area (Å²) in [5.41, 5.74) is 7.94. The molecule has 0 spiro atoms. The van der Waals surface area contributed by atoms with Crippen molar-refractivity contribution in [2.24, 2.45) is 10.7 Å². The van der Waals surface area contributed by atoms with Crippen LogP contribution in [0.5, 0.6) is 5.75 Å². The average molecular weight is 276 g/mol. The molecule has 3 nitrogen and oxygen atoms in total. The summed E-state index contributed by atoms with van der Waals surface area (Å²) in [5.74, 6) is 1.31. The molecule has 0 aromatic heterocycles. The summed E-state index contributed by atoms with van der Waals surface area (Å²) in [6, 6.07) is 21.7. The second-order valence-corrected chi connectivity index (χ2v) is 4.72. The van der Waals surface area contributed by atoms with Crippen LogP contribution in [0.3, 0.4) is 0 Å². The van der Waals surface area contributed by atoms with Crippen molar-refractivity contribution in [2.75, 3.05) is 7.11 Å². The van der Waals surface area contributed by atoms with Gasteiger partial charge in [-0.05, 0) is 35.0 Å². The van der Waals surface area contributed by atoms with E-state index in [1.165, 1.54) is 0 Å². The Morgan fingerprint density at radius 2 is 1.62 bits per heavy atom. The van der Waals surface area contributed by atoms with Crippen molar-refractivity contribution in [2.45, 2.75) is 0 Å².